The summed E-state index contributed by atoms with van der Waals surface area (Å²) >= 11 is 0. The highest BCUT2D eigenvalue weighted by atomic mass is 16.7. The molecule has 174 valence electrons. The number of hydrogen-bond acceptors (Lipinski definition) is 2. The van der Waals surface area contributed by atoms with E-state index < -0.39 is 5.79 Å². The third-order valence-electron chi connectivity index (χ3n) is 7.08. The summed E-state index contributed by atoms with van der Waals surface area (Å²) in [6, 6.07) is 38.8. The van der Waals surface area contributed by atoms with E-state index in [9.17, 15) is 0 Å². The molecule has 3 heteroatoms. The lowest BCUT2D eigenvalue weighted by Crippen LogP contribution is -2.50. The predicted molar refractivity (Wildman–Crippen MR) is 140 cm³/mol. The van der Waals surface area contributed by atoms with E-state index in [1.54, 1.807) is 0 Å². The second-order valence-electron chi connectivity index (χ2n) is 9.79. The number of fused-ring (bicyclic) bond motifs is 3. The fourth-order valence-electron chi connectivity index (χ4n) is 5.47. The van der Waals surface area contributed by atoms with E-state index in [-0.39, 0.29) is 18.2 Å². The zero-order valence-corrected chi connectivity index (χ0v) is 20.2. The highest BCUT2D eigenvalue weighted by Gasteiger charge is 2.47. The average molecular weight is 461 g/mol. The third-order valence-corrected chi connectivity index (χ3v) is 7.08. The molecule has 0 amide bonds. The lowest BCUT2D eigenvalue weighted by molar-refractivity contribution is -0.621. The first-order valence-electron chi connectivity index (χ1n) is 12.3. The van der Waals surface area contributed by atoms with Gasteiger partial charge in [0.15, 0.2) is 12.0 Å². The third kappa shape index (κ3) is 4.12. The normalized spacial score (nSPS) is 22.9. The quantitative estimate of drug-likeness (QED) is 0.314. The minimum Gasteiger partial charge on any atom is -0.343 e. The van der Waals surface area contributed by atoms with Gasteiger partial charge in [-0.2, -0.15) is 0 Å². The van der Waals surface area contributed by atoms with Gasteiger partial charge in [0.1, 0.15) is 12.7 Å². The molecule has 6 rings (SSSR count). The Labute approximate surface area is 207 Å². The maximum atomic E-state index is 6.64. The molecule has 0 radical (unpaired) electrons. The highest BCUT2D eigenvalue weighted by Crippen LogP contribution is 2.42. The molecule has 3 atom stereocenters. The molecule has 35 heavy (non-hydrogen) atoms. The average Bonchev–Trinajstić information content (AvgIpc) is 3.04. The maximum absolute atomic E-state index is 6.64. The summed E-state index contributed by atoms with van der Waals surface area (Å²) in [5.41, 5.74) is 7.43. The molecule has 0 N–H and O–H groups in total. The number of hydrogen-bond donors (Lipinski definition) is 0. The molecule has 2 aliphatic rings. The van der Waals surface area contributed by atoms with Crippen molar-refractivity contribution in [3.8, 4) is 11.1 Å². The predicted octanol–water partition coefficient (Wildman–Crippen LogP) is 6.78. The van der Waals surface area contributed by atoms with Gasteiger partial charge >= 0.3 is 0 Å². The van der Waals surface area contributed by atoms with Gasteiger partial charge in [-0.1, -0.05) is 103 Å². The second-order valence-corrected chi connectivity index (χ2v) is 9.79. The van der Waals surface area contributed by atoms with Gasteiger partial charge in [0.25, 0.3) is 0 Å². The van der Waals surface area contributed by atoms with Crippen molar-refractivity contribution in [1.82, 2.24) is 0 Å². The summed E-state index contributed by atoms with van der Waals surface area (Å²) in [7, 11) is 0. The van der Waals surface area contributed by atoms with Crippen LogP contribution in [-0.4, -0.2) is 29.2 Å². The lowest BCUT2D eigenvalue weighted by atomic mass is 9.89. The van der Waals surface area contributed by atoms with Crippen LogP contribution in [-0.2, 0) is 9.47 Å². The minimum atomic E-state index is -0.652. The Hall–Kier alpha value is -3.53. The number of ether oxygens (including phenoxy) is 2. The highest BCUT2D eigenvalue weighted by molar-refractivity contribution is 5.90. The van der Waals surface area contributed by atoms with Crippen LogP contribution in [0.25, 0.3) is 11.1 Å². The van der Waals surface area contributed by atoms with Gasteiger partial charge < -0.3 is 9.47 Å². The molecule has 0 bridgehead atoms. The van der Waals surface area contributed by atoms with Gasteiger partial charge in [0.05, 0.1) is 0 Å². The molecule has 3 nitrogen and oxygen atoms in total. The van der Waals surface area contributed by atoms with Crippen LogP contribution in [0.1, 0.15) is 48.2 Å². The summed E-state index contributed by atoms with van der Waals surface area (Å²) in [6.45, 7) is 4.58. The van der Waals surface area contributed by atoms with Crippen molar-refractivity contribution in [2.24, 2.45) is 0 Å². The van der Waals surface area contributed by atoms with Crippen LogP contribution in [0.2, 0.25) is 0 Å². The largest absolute Gasteiger partial charge is 0.343 e. The molecule has 0 saturated carbocycles. The molecule has 4 aromatic rings. The lowest BCUT2D eigenvalue weighted by Gasteiger charge is -2.40. The molecule has 0 aliphatic carbocycles. The molecular weight excluding hydrogens is 430 g/mol. The summed E-state index contributed by atoms with van der Waals surface area (Å²) < 4.78 is 15.4. The van der Waals surface area contributed by atoms with Crippen LogP contribution >= 0.6 is 0 Å². The SMILES string of the molecule is CC1(C)OC[C@H]([N+]2=Cc3ccccc3-c3ccccc3[C@H]2c2ccccc2)[C@H](c2ccccc2)O1. The van der Waals surface area contributed by atoms with Gasteiger partial charge in [-0.3, -0.25) is 0 Å². The van der Waals surface area contributed by atoms with Crippen LogP contribution in [0.5, 0.6) is 0 Å². The van der Waals surface area contributed by atoms with Crippen LogP contribution in [0.3, 0.4) is 0 Å². The van der Waals surface area contributed by atoms with Crippen molar-refractivity contribution < 1.29 is 14.0 Å². The summed E-state index contributed by atoms with van der Waals surface area (Å²) in [4.78, 5) is 0. The molecule has 4 aromatic carbocycles. The summed E-state index contributed by atoms with van der Waals surface area (Å²) in [5, 5.41) is 0. The van der Waals surface area contributed by atoms with E-state index in [0.29, 0.717) is 6.61 Å². The number of rotatable bonds is 3. The molecule has 0 aromatic heterocycles. The zero-order chi connectivity index (χ0) is 23.8. The zero-order valence-electron chi connectivity index (χ0n) is 20.2. The van der Waals surface area contributed by atoms with Crippen molar-refractivity contribution >= 4 is 6.21 Å². The fraction of sp³-hybridized carbons (Fsp3) is 0.219. The van der Waals surface area contributed by atoms with Gasteiger partial charge in [-0.15, -0.1) is 0 Å². The summed E-state index contributed by atoms with van der Waals surface area (Å²) in [5.74, 6) is -0.652. The van der Waals surface area contributed by atoms with E-state index >= 15 is 0 Å². The van der Waals surface area contributed by atoms with E-state index in [1.807, 2.05) is 13.8 Å². The smallest absolute Gasteiger partial charge is 0.207 e. The first-order valence-corrected chi connectivity index (χ1v) is 12.3. The van der Waals surface area contributed by atoms with E-state index in [0.717, 1.165) is 0 Å². The van der Waals surface area contributed by atoms with Crippen LogP contribution < -0.4 is 0 Å². The fourth-order valence-corrected chi connectivity index (χ4v) is 5.47. The van der Waals surface area contributed by atoms with Crippen molar-refractivity contribution in [3.63, 3.8) is 0 Å². The van der Waals surface area contributed by atoms with Crippen molar-refractivity contribution in [3.05, 3.63) is 131 Å². The summed E-state index contributed by atoms with van der Waals surface area (Å²) in [6.07, 6.45) is 2.18. The van der Waals surface area contributed by atoms with Crippen molar-refractivity contribution in [2.75, 3.05) is 6.61 Å². The van der Waals surface area contributed by atoms with Gasteiger partial charge in [0.2, 0.25) is 12.1 Å². The Morgan fingerprint density at radius 3 is 2.03 bits per heavy atom. The standard InChI is InChI=1S/C32H30NO2/c1-32(2)34-22-29(31(35-32)24-15-7-4-8-16-24)33-21-25-17-9-10-18-26(25)27-19-11-12-20-28(27)30(33)23-13-5-3-6-14-23/h3-21,29-31H,22H2,1-2H3/q+1/t29-,30+,31-/m0/s1. The maximum Gasteiger partial charge on any atom is 0.207 e. The van der Waals surface area contributed by atoms with Crippen LogP contribution in [0.4, 0.5) is 0 Å². The monoisotopic (exact) mass is 460 g/mol. The van der Waals surface area contributed by atoms with Gasteiger partial charge in [0, 0.05) is 16.7 Å². The van der Waals surface area contributed by atoms with Crippen LogP contribution in [0, 0.1) is 0 Å². The van der Waals surface area contributed by atoms with Gasteiger partial charge in [-0.05, 0) is 36.6 Å². The van der Waals surface area contributed by atoms with E-state index in [4.69, 9.17) is 9.47 Å². The van der Waals surface area contributed by atoms with Crippen LogP contribution in [0.15, 0.2) is 109 Å². The molecular formula is C32H30NO2+. The molecule has 0 unspecified atom stereocenters. The molecule has 1 saturated heterocycles. The van der Waals surface area contributed by atoms with Crippen molar-refractivity contribution in [2.45, 2.75) is 37.8 Å². The Balaban J connectivity index is 1.59. The number of benzene rings is 4. The minimum absolute atomic E-state index is 0.0180. The van der Waals surface area contributed by atoms with Gasteiger partial charge in [-0.25, -0.2) is 4.58 Å². The molecule has 0 spiro atoms. The first kappa shape index (κ1) is 22.0. The Bertz CT molecular complexity index is 1360. The van der Waals surface area contributed by atoms with Crippen molar-refractivity contribution in [1.29, 1.82) is 0 Å². The molecule has 2 aliphatic heterocycles. The Kier molecular flexibility index (Phi) is 5.60. The number of nitrogens with zero attached hydrogens (tertiary/aromatic N) is 1. The second kappa shape index (κ2) is 8.92. The first-order chi connectivity index (χ1) is 17.1. The Morgan fingerprint density at radius 2 is 1.29 bits per heavy atom. The topological polar surface area (TPSA) is 21.5 Å². The molecule has 1 fully saturated rings. The Morgan fingerprint density at radius 1 is 0.686 bits per heavy atom. The van der Waals surface area contributed by atoms with E-state index in [1.165, 1.54) is 33.4 Å². The van der Waals surface area contributed by atoms with E-state index in [2.05, 4.69) is 120 Å². The molecule has 2 heterocycles.